The average Bonchev–Trinajstić information content (AvgIpc) is 2.23. The van der Waals surface area contributed by atoms with E-state index in [4.69, 9.17) is 4.74 Å². The first-order valence-corrected chi connectivity index (χ1v) is 4.79. The molecule has 1 nitrogen and oxygen atoms in total. The maximum absolute atomic E-state index is 5.16. The van der Waals surface area contributed by atoms with Crippen molar-refractivity contribution in [3.63, 3.8) is 0 Å². The number of hydrogen-bond acceptors (Lipinski definition) is 1. The zero-order valence-corrected chi connectivity index (χ0v) is 8.58. The fourth-order valence-corrected chi connectivity index (χ4v) is 1.78. The normalized spacial score (nSPS) is 10.7. The highest BCUT2D eigenvalue weighted by molar-refractivity contribution is 5.86. The van der Waals surface area contributed by atoms with E-state index < -0.39 is 0 Å². The average molecular weight is 186 g/mol. The van der Waals surface area contributed by atoms with Gasteiger partial charge >= 0.3 is 0 Å². The molecular formula is C13H14O. The molecule has 0 unspecified atom stereocenters. The van der Waals surface area contributed by atoms with Gasteiger partial charge in [0.2, 0.25) is 0 Å². The summed E-state index contributed by atoms with van der Waals surface area (Å²) in [6.45, 7) is 2.84. The summed E-state index contributed by atoms with van der Waals surface area (Å²) >= 11 is 0. The predicted octanol–water partition coefficient (Wildman–Crippen LogP) is 3.29. The van der Waals surface area contributed by atoms with Gasteiger partial charge < -0.3 is 4.74 Å². The summed E-state index contributed by atoms with van der Waals surface area (Å²) in [7, 11) is 1.73. The third kappa shape index (κ3) is 1.51. The van der Waals surface area contributed by atoms with Crippen LogP contribution >= 0.6 is 0 Å². The van der Waals surface area contributed by atoms with Crippen molar-refractivity contribution in [1.29, 1.82) is 0 Å². The summed E-state index contributed by atoms with van der Waals surface area (Å²) in [4.78, 5) is 0. The Morgan fingerprint density at radius 2 is 1.86 bits per heavy atom. The van der Waals surface area contributed by atoms with Crippen LogP contribution in [0.5, 0.6) is 0 Å². The van der Waals surface area contributed by atoms with Gasteiger partial charge in [-0.15, -0.1) is 0 Å². The molecule has 72 valence electrons. The third-order valence-corrected chi connectivity index (χ3v) is 2.61. The van der Waals surface area contributed by atoms with Crippen molar-refractivity contribution in [2.24, 2.45) is 0 Å². The molecule has 0 saturated heterocycles. The second-order valence-corrected chi connectivity index (χ2v) is 3.50. The number of aryl methyl sites for hydroxylation is 1. The largest absolute Gasteiger partial charge is 0.380 e. The van der Waals surface area contributed by atoms with Crippen molar-refractivity contribution >= 4 is 10.8 Å². The van der Waals surface area contributed by atoms with Crippen LogP contribution in [-0.4, -0.2) is 7.11 Å². The van der Waals surface area contributed by atoms with Crippen LogP contribution in [0.3, 0.4) is 0 Å². The molecule has 0 bridgehead atoms. The molecule has 0 fully saturated rings. The van der Waals surface area contributed by atoms with Gasteiger partial charge in [0, 0.05) is 7.11 Å². The van der Waals surface area contributed by atoms with Gasteiger partial charge in [-0.2, -0.15) is 0 Å². The van der Waals surface area contributed by atoms with E-state index in [0.717, 1.165) is 0 Å². The SMILES string of the molecule is COCc1ccc2ccccc2c1C. The number of fused-ring (bicyclic) bond motifs is 1. The fourth-order valence-electron chi connectivity index (χ4n) is 1.78. The predicted molar refractivity (Wildman–Crippen MR) is 59.4 cm³/mol. The zero-order valence-electron chi connectivity index (χ0n) is 8.58. The molecule has 1 heteroatoms. The third-order valence-electron chi connectivity index (χ3n) is 2.61. The Hall–Kier alpha value is -1.34. The Balaban J connectivity index is 2.63. The highest BCUT2D eigenvalue weighted by Crippen LogP contribution is 2.21. The van der Waals surface area contributed by atoms with Crippen LogP contribution in [0.15, 0.2) is 36.4 Å². The highest BCUT2D eigenvalue weighted by atomic mass is 16.5. The molecule has 0 heterocycles. The van der Waals surface area contributed by atoms with Gasteiger partial charge in [0.25, 0.3) is 0 Å². The van der Waals surface area contributed by atoms with Gasteiger partial charge in [0.15, 0.2) is 0 Å². The van der Waals surface area contributed by atoms with E-state index in [2.05, 4.69) is 43.3 Å². The van der Waals surface area contributed by atoms with Crippen molar-refractivity contribution in [1.82, 2.24) is 0 Å². The maximum atomic E-state index is 5.16. The highest BCUT2D eigenvalue weighted by Gasteiger charge is 2.01. The van der Waals surface area contributed by atoms with Crippen LogP contribution in [-0.2, 0) is 11.3 Å². The molecule has 2 aromatic carbocycles. The van der Waals surface area contributed by atoms with Crippen LogP contribution in [0, 0.1) is 6.92 Å². The first-order chi connectivity index (χ1) is 6.83. The first kappa shape index (κ1) is 9.22. The zero-order chi connectivity index (χ0) is 9.97. The number of ether oxygens (including phenoxy) is 1. The minimum absolute atomic E-state index is 0.691. The fraction of sp³-hybridized carbons (Fsp3) is 0.231. The summed E-state index contributed by atoms with van der Waals surface area (Å²) in [6.07, 6.45) is 0. The second-order valence-electron chi connectivity index (χ2n) is 3.50. The Morgan fingerprint density at radius 3 is 2.64 bits per heavy atom. The summed E-state index contributed by atoms with van der Waals surface area (Å²) in [6, 6.07) is 12.7. The van der Waals surface area contributed by atoms with E-state index in [1.807, 2.05) is 0 Å². The van der Waals surface area contributed by atoms with E-state index in [1.54, 1.807) is 7.11 Å². The Labute approximate surface area is 84.3 Å². The van der Waals surface area contributed by atoms with Crippen LogP contribution in [0.4, 0.5) is 0 Å². The molecule has 2 aromatic rings. The summed E-state index contributed by atoms with van der Waals surface area (Å²) in [5.41, 5.74) is 2.59. The number of methoxy groups -OCH3 is 1. The van der Waals surface area contributed by atoms with Crippen LogP contribution in [0.1, 0.15) is 11.1 Å². The van der Waals surface area contributed by atoms with Crippen molar-refractivity contribution < 1.29 is 4.74 Å². The molecule has 0 aliphatic rings. The van der Waals surface area contributed by atoms with Crippen molar-refractivity contribution in [2.75, 3.05) is 7.11 Å². The van der Waals surface area contributed by atoms with Gasteiger partial charge in [0.05, 0.1) is 6.61 Å². The molecule has 14 heavy (non-hydrogen) atoms. The molecule has 2 rings (SSSR count). The van der Waals surface area contributed by atoms with Gasteiger partial charge in [0.1, 0.15) is 0 Å². The van der Waals surface area contributed by atoms with Gasteiger partial charge in [-0.05, 0) is 28.8 Å². The molecule has 0 radical (unpaired) electrons. The van der Waals surface area contributed by atoms with Gasteiger partial charge in [-0.25, -0.2) is 0 Å². The van der Waals surface area contributed by atoms with Crippen LogP contribution in [0.2, 0.25) is 0 Å². The quantitative estimate of drug-likeness (QED) is 0.699. The molecule has 0 atom stereocenters. The van der Waals surface area contributed by atoms with Gasteiger partial charge in [-0.3, -0.25) is 0 Å². The van der Waals surface area contributed by atoms with Crippen LogP contribution < -0.4 is 0 Å². The van der Waals surface area contributed by atoms with Crippen molar-refractivity contribution in [3.05, 3.63) is 47.5 Å². The lowest BCUT2D eigenvalue weighted by molar-refractivity contribution is 0.184. The molecule has 0 amide bonds. The van der Waals surface area contributed by atoms with E-state index in [1.165, 1.54) is 21.9 Å². The lowest BCUT2D eigenvalue weighted by atomic mass is 10.0. The molecule has 0 spiro atoms. The first-order valence-electron chi connectivity index (χ1n) is 4.79. The summed E-state index contributed by atoms with van der Waals surface area (Å²) in [5, 5.41) is 2.62. The van der Waals surface area contributed by atoms with E-state index >= 15 is 0 Å². The second kappa shape index (κ2) is 3.81. The van der Waals surface area contributed by atoms with Crippen LogP contribution in [0.25, 0.3) is 10.8 Å². The molecule has 0 N–H and O–H groups in total. The molecular weight excluding hydrogens is 172 g/mol. The number of benzene rings is 2. The maximum Gasteiger partial charge on any atom is 0.0715 e. The lowest BCUT2D eigenvalue weighted by Gasteiger charge is -2.08. The minimum atomic E-state index is 0.691. The molecule has 0 saturated carbocycles. The van der Waals surface area contributed by atoms with Crippen molar-refractivity contribution in [3.8, 4) is 0 Å². The molecule has 0 aliphatic carbocycles. The van der Waals surface area contributed by atoms with E-state index in [9.17, 15) is 0 Å². The van der Waals surface area contributed by atoms with E-state index in [0.29, 0.717) is 6.61 Å². The smallest absolute Gasteiger partial charge is 0.0715 e. The van der Waals surface area contributed by atoms with Crippen molar-refractivity contribution in [2.45, 2.75) is 13.5 Å². The van der Waals surface area contributed by atoms with E-state index in [-0.39, 0.29) is 0 Å². The standard InChI is InChI=1S/C13H14O/c1-10-12(9-14-2)8-7-11-5-3-4-6-13(10)11/h3-8H,9H2,1-2H3. The topological polar surface area (TPSA) is 9.23 Å². The van der Waals surface area contributed by atoms with Gasteiger partial charge in [-0.1, -0.05) is 36.4 Å². The summed E-state index contributed by atoms with van der Waals surface area (Å²) in [5.74, 6) is 0. The Morgan fingerprint density at radius 1 is 1.07 bits per heavy atom. The number of hydrogen-bond donors (Lipinski definition) is 0. The Kier molecular flexibility index (Phi) is 2.51. The Bertz CT molecular complexity index is 446. The lowest BCUT2D eigenvalue weighted by Crippen LogP contribution is -1.92. The monoisotopic (exact) mass is 186 g/mol. The summed E-state index contributed by atoms with van der Waals surface area (Å²) < 4.78 is 5.16. The minimum Gasteiger partial charge on any atom is -0.380 e. The number of rotatable bonds is 2. The molecule has 0 aliphatic heterocycles. The molecule has 0 aromatic heterocycles.